The third kappa shape index (κ3) is 2.19. The molecular weight excluding hydrogens is 337 g/mol. The number of carbonyl (C=O) groups is 1. The highest BCUT2D eigenvalue weighted by atomic mass is 32.2. The molecule has 1 fully saturated rings. The quantitative estimate of drug-likeness (QED) is 0.663. The first-order valence-electron chi connectivity index (χ1n) is 6.96. The lowest BCUT2D eigenvalue weighted by Crippen LogP contribution is -2.51. The van der Waals surface area contributed by atoms with Crippen LogP contribution in [0.4, 0.5) is 10.1 Å². The SMILES string of the molecule is BC1(B)C(=O)NS(=O)(=O)N1c1c(O)cc2ccc(OC)cc2c1F. The predicted molar refractivity (Wildman–Crippen MR) is 91.5 cm³/mol. The van der Waals surface area contributed by atoms with Gasteiger partial charge in [0.1, 0.15) is 32.9 Å². The van der Waals surface area contributed by atoms with Crippen molar-refractivity contribution in [2.45, 2.75) is 5.34 Å². The summed E-state index contributed by atoms with van der Waals surface area (Å²) in [6.45, 7) is 0. The van der Waals surface area contributed by atoms with Crippen LogP contribution in [0.3, 0.4) is 0 Å². The van der Waals surface area contributed by atoms with E-state index in [-0.39, 0.29) is 5.39 Å². The highest BCUT2D eigenvalue weighted by Crippen LogP contribution is 2.41. The molecule has 0 aromatic heterocycles. The summed E-state index contributed by atoms with van der Waals surface area (Å²) >= 11 is 0. The number of halogens is 1. The standard InChI is InChI=1S/C13H13B2FN2O5S/c1-23-7-3-2-6-4-9(19)11(10(16)8(6)5-7)18-13(14,15)12(20)17-24(18,21)22/h2-5,19H,14-15H2,1H3,(H,17,20). The second-order valence-electron chi connectivity index (χ2n) is 5.90. The fourth-order valence-corrected chi connectivity index (χ4v) is 4.38. The number of aromatic hydroxyl groups is 1. The summed E-state index contributed by atoms with van der Waals surface area (Å²) in [5.41, 5.74) is -0.584. The lowest BCUT2D eigenvalue weighted by molar-refractivity contribution is -0.119. The summed E-state index contributed by atoms with van der Waals surface area (Å²) in [5.74, 6) is -1.99. The lowest BCUT2D eigenvalue weighted by Gasteiger charge is -2.29. The monoisotopic (exact) mass is 350 g/mol. The Morgan fingerprint density at radius 3 is 2.54 bits per heavy atom. The highest BCUT2D eigenvalue weighted by molar-refractivity contribution is 7.92. The summed E-state index contributed by atoms with van der Waals surface area (Å²) in [7, 11) is -0.268. The Morgan fingerprint density at radius 1 is 1.33 bits per heavy atom. The van der Waals surface area contributed by atoms with Gasteiger partial charge >= 0.3 is 10.2 Å². The lowest BCUT2D eigenvalue weighted by atomic mass is 9.61. The van der Waals surface area contributed by atoms with Gasteiger partial charge in [-0.1, -0.05) is 6.07 Å². The van der Waals surface area contributed by atoms with Gasteiger partial charge < -0.3 is 9.84 Å². The Labute approximate surface area is 139 Å². The van der Waals surface area contributed by atoms with E-state index in [1.807, 2.05) is 4.72 Å². The van der Waals surface area contributed by atoms with E-state index in [0.717, 1.165) is 0 Å². The minimum atomic E-state index is -4.32. The minimum Gasteiger partial charge on any atom is -0.506 e. The number of hydrogen-bond donors (Lipinski definition) is 2. The number of phenols is 1. The van der Waals surface area contributed by atoms with Crippen molar-refractivity contribution in [2.24, 2.45) is 0 Å². The van der Waals surface area contributed by atoms with E-state index in [1.165, 1.54) is 41.0 Å². The normalized spacial score (nSPS) is 18.6. The molecule has 11 heteroatoms. The topological polar surface area (TPSA) is 95.9 Å². The van der Waals surface area contributed by atoms with Crippen molar-refractivity contribution in [2.75, 3.05) is 11.4 Å². The van der Waals surface area contributed by atoms with Crippen LogP contribution in [0.5, 0.6) is 11.5 Å². The van der Waals surface area contributed by atoms with Gasteiger partial charge in [0, 0.05) is 5.39 Å². The molecule has 0 atom stereocenters. The van der Waals surface area contributed by atoms with Crippen molar-refractivity contribution in [3.05, 3.63) is 30.1 Å². The van der Waals surface area contributed by atoms with Gasteiger partial charge in [0.15, 0.2) is 5.82 Å². The van der Waals surface area contributed by atoms with E-state index in [1.54, 1.807) is 6.07 Å². The maximum absolute atomic E-state index is 15.1. The molecule has 1 aliphatic heterocycles. The number of phenolic OH excluding ortho intramolecular Hbond substituents is 1. The number of amides is 1. The molecule has 0 radical (unpaired) electrons. The minimum absolute atomic E-state index is 0.0625. The zero-order valence-corrected chi connectivity index (χ0v) is 13.9. The fraction of sp³-hybridized carbons (Fsp3) is 0.154. The summed E-state index contributed by atoms with van der Waals surface area (Å²) in [6.07, 6.45) is 0. The van der Waals surface area contributed by atoms with Crippen LogP contribution < -0.4 is 13.8 Å². The molecule has 0 aliphatic carbocycles. The van der Waals surface area contributed by atoms with E-state index in [4.69, 9.17) is 4.74 Å². The predicted octanol–water partition coefficient (Wildman–Crippen LogP) is -1.21. The third-order valence-corrected chi connectivity index (χ3v) is 5.53. The smallest absolute Gasteiger partial charge is 0.326 e. The summed E-state index contributed by atoms with van der Waals surface area (Å²) in [4.78, 5) is 11.9. The van der Waals surface area contributed by atoms with Gasteiger partial charge in [-0.05, 0) is 23.6 Å². The number of rotatable bonds is 2. The van der Waals surface area contributed by atoms with Crippen molar-refractivity contribution in [3.8, 4) is 11.5 Å². The van der Waals surface area contributed by atoms with Gasteiger partial charge in [0.2, 0.25) is 5.91 Å². The Hall–Kier alpha value is -2.42. The molecule has 0 unspecified atom stereocenters. The number of fused-ring (bicyclic) bond motifs is 1. The molecule has 7 nitrogen and oxygen atoms in total. The molecule has 1 amide bonds. The van der Waals surface area contributed by atoms with Crippen molar-refractivity contribution in [3.63, 3.8) is 0 Å². The number of nitrogens with one attached hydrogen (secondary N) is 1. The largest absolute Gasteiger partial charge is 0.506 e. The molecule has 2 aromatic rings. The molecule has 0 spiro atoms. The Morgan fingerprint density at radius 2 is 2.00 bits per heavy atom. The van der Waals surface area contributed by atoms with Gasteiger partial charge in [-0.25, -0.2) is 13.4 Å². The Bertz CT molecular complexity index is 980. The number of anilines is 1. The van der Waals surface area contributed by atoms with Crippen LogP contribution in [-0.2, 0) is 15.0 Å². The number of ether oxygens (including phenoxy) is 1. The van der Waals surface area contributed by atoms with Crippen LogP contribution in [0.15, 0.2) is 24.3 Å². The molecular formula is C13H13B2FN2O5S. The zero-order chi connectivity index (χ0) is 17.9. The maximum Gasteiger partial charge on any atom is 0.326 e. The molecule has 0 saturated carbocycles. The average molecular weight is 350 g/mol. The number of benzene rings is 2. The van der Waals surface area contributed by atoms with Crippen molar-refractivity contribution >= 4 is 48.3 Å². The molecule has 1 saturated heterocycles. The zero-order valence-electron chi connectivity index (χ0n) is 13.1. The number of methoxy groups -OCH3 is 1. The molecule has 2 aromatic carbocycles. The molecule has 2 N–H and O–H groups in total. The fourth-order valence-electron chi connectivity index (χ4n) is 2.71. The second kappa shape index (κ2) is 5.04. The first-order valence-corrected chi connectivity index (χ1v) is 8.40. The van der Waals surface area contributed by atoms with Gasteiger partial charge in [0.25, 0.3) is 0 Å². The summed E-state index contributed by atoms with van der Waals surface area (Å²) in [5, 5.41) is 9.04. The van der Waals surface area contributed by atoms with Crippen LogP contribution in [0.25, 0.3) is 10.8 Å². The van der Waals surface area contributed by atoms with Gasteiger partial charge in [-0.3, -0.25) is 4.79 Å². The van der Waals surface area contributed by atoms with Gasteiger partial charge in [0.05, 0.1) is 12.4 Å². The molecule has 3 rings (SSSR count). The maximum atomic E-state index is 15.1. The second-order valence-corrected chi connectivity index (χ2v) is 7.42. The average Bonchev–Trinajstić information content (AvgIpc) is 2.65. The first kappa shape index (κ1) is 16.4. The highest BCUT2D eigenvalue weighted by Gasteiger charge is 2.51. The number of nitrogens with zero attached hydrogens (tertiary/aromatic N) is 1. The van der Waals surface area contributed by atoms with Crippen molar-refractivity contribution in [1.82, 2.24) is 4.72 Å². The van der Waals surface area contributed by atoms with Gasteiger partial charge in [-0.15, -0.1) is 0 Å². The summed E-state index contributed by atoms with van der Waals surface area (Å²) in [6, 6.07) is 5.75. The van der Waals surface area contributed by atoms with Crippen molar-refractivity contribution in [1.29, 1.82) is 0 Å². The van der Waals surface area contributed by atoms with E-state index in [9.17, 15) is 18.3 Å². The number of carbonyl (C=O) groups excluding carboxylic acids is 1. The molecule has 1 heterocycles. The molecule has 0 bridgehead atoms. The van der Waals surface area contributed by atoms with Crippen LogP contribution in [0.1, 0.15) is 0 Å². The van der Waals surface area contributed by atoms with E-state index in [2.05, 4.69) is 0 Å². The van der Waals surface area contributed by atoms with E-state index < -0.39 is 38.7 Å². The molecule has 124 valence electrons. The number of hydrogen-bond acceptors (Lipinski definition) is 5. The van der Waals surface area contributed by atoms with Gasteiger partial charge in [-0.2, -0.15) is 8.42 Å². The van der Waals surface area contributed by atoms with Crippen LogP contribution in [0.2, 0.25) is 0 Å². The van der Waals surface area contributed by atoms with E-state index in [0.29, 0.717) is 15.4 Å². The van der Waals surface area contributed by atoms with Crippen LogP contribution in [0, 0.1) is 5.82 Å². The first-order chi connectivity index (χ1) is 11.1. The molecule has 24 heavy (non-hydrogen) atoms. The Kier molecular flexibility index (Phi) is 3.45. The Balaban J connectivity index is 2.36. The van der Waals surface area contributed by atoms with Crippen LogP contribution in [-0.4, -0.2) is 47.6 Å². The molecule has 1 aliphatic rings. The van der Waals surface area contributed by atoms with Crippen molar-refractivity contribution < 1.29 is 27.4 Å². The third-order valence-electron chi connectivity index (χ3n) is 3.97. The van der Waals surface area contributed by atoms with E-state index >= 15 is 4.39 Å². The summed E-state index contributed by atoms with van der Waals surface area (Å²) < 4.78 is 47.0. The van der Waals surface area contributed by atoms with Crippen LogP contribution >= 0.6 is 0 Å².